The van der Waals surface area contributed by atoms with Crippen LogP contribution in [0.5, 0.6) is 0 Å². The Morgan fingerprint density at radius 3 is 1.69 bits per heavy atom. The average molecular weight is 249 g/mol. The van der Waals surface area contributed by atoms with Crippen LogP contribution >= 0.6 is 0 Å². The largest absolute Gasteiger partial charge is 0.294 e. The highest BCUT2D eigenvalue weighted by atomic mass is 32.2. The number of hydrogen-bond donors (Lipinski definition) is 1. The van der Waals surface area contributed by atoms with Crippen molar-refractivity contribution in [3.63, 3.8) is 0 Å². The summed E-state index contributed by atoms with van der Waals surface area (Å²) in [5.74, 6) is 1.27. The summed E-state index contributed by atoms with van der Waals surface area (Å²) >= 11 is -1.81. The summed E-state index contributed by atoms with van der Waals surface area (Å²) in [6.45, 7) is 10.2. The van der Waals surface area contributed by atoms with Crippen molar-refractivity contribution in [2.24, 2.45) is 11.8 Å². The molecular weight excluding hydrogens is 222 g/mol. The molecule has 0 bridgehead atoms. The second-order valence-corrected chi connectivity index (χ2v) is 5.74. The van der Waals surface area contributed by atoms with Gasteiger partial charge in [-0.15, -0.1) is 0 Å². The van der Waals surface area contributed by atoms with Crippen LogP contribution in [0.25, 0.3) is 0 Å². The van der Waals surface area contributed by atoms with Gasteiger partial charge in [-0.2, -0.15) is 0 Å². The van der Waals surface area contributed by atoms with Crippen LogP contribution in [-0.4, -0.2) is 26.2 Å². The molecule has 98 valence electrons. The number of nitrogens with zero attached hydrogens (tertiary/aromatic N) is 1. The molecule has 1 N–H and O–H groups in total. The van der Waals surface area contributed by atoms with Crippen LogP contribution in [0.1, 0.15) is 53.4 Å². The molecule has 0 aliphatic heterocycles. The minimum atomic E-state index is -1.81. The Morgan fingerprint density at radius 1 is 1.06 bits per heavy atom. The Bertz CT molecular complexity index is 185. The molecule has 0 aliphatic carbocycles. The molecule has 0 aromatic heterocycles. The predicted molar refractivity (Wildman–Crippen MR) is 70.5 cm³/mol. The molecule has 0 saturated carbocycles. The van der Waals surface area contributed by atoms with E-state index in [0.717, 1.165) is 38.8 Å². The van der Waals surface area contributed by atoms with Crippen LogP contribution in [-0.2, 0) is 11.3 Å². The van der Waals surface area contributed by atoms with E-state index in [1.165, 1.54) is 0 Å². The zero-order valence-corrected chi connectivity index (χ0v) is 11.9. The fraction of sp³-hybridized carbons (Fsp3) is 1.00. The molecule has 0 aromatic rings. The highest BCUT2D eigenvalue weighted by Crippen LogP contribution is 2.12. The minimum Gasteiger partial charge on any atom is -0.294 e. The molecule has 4 heteroatoms. The van der Waals surface area contributed by atoms with E-state index < -0.39 is 11.3 Å². The topological polar surface area (TPSA) is 40.5 Å². The van der Waals surface area contributed by atoms with E-state index in [4.69, 9.17) is 0 Å². The van der Waals surface area contributed by atoms with Crippen molar-refractivity contribution in [3.8, 4) is 0 Å². The highest BCUT2D eigenvalue weighted by Gasteiger charge is 2.13. The SMILES string of the molecule is CCC(C)CCN(CCC(C)CC)S(=O)O. The third kappa shape index (κ3) is 7.36. The maximum atomic E-state index is 11.1. The second-order valence-electron chi connectivity index (χ2n) is 4.76. The Morgan fingerprint density at radius 2 is 1.44 bits per heavy atom. The highest BCUT2D eigenvalue weighted by molar-refractivity contribution is 7.76. The molecule has 0 amide bonds. The van der Waals surface area contributed by atoms with Crippen molar-refractivity contribution in [2.45, 2.75) is 53.4 Å². The molecule has 3 atom stereocenters. The molecule has 16 heavy (non-hydrogen) atoms. The molecule has 0 aromatic carbocycles. The van der Waals surface area contributed by atoms with Gasteiger partial charge in [0.1, 0.15) is 0 Å². The maximum Gasteiger partial charge on any atom is 0.234 e. The molecule has 0 saturated heterocycles. The van der Waals surface area contributed by atoms with Crippen LogP contribution in [0.15, 0.2) is 0 Å². The summed E-state index contributed by atoms with van der Waals surface area (Å²) in [7, 11) is 0. The average Bonchev–Trinajstić information content (AvgIpc) is 2.27. The first-order chi connectivity index (χ1) is 7.51. The lowest BCUT2D eigenvalue weighted by molar-refractivity contribution is 0.334. The fourth-order valence-corrected chi connectivity index (χ4v) is 1.93. The minimum absolute atomic E-state index is 0.634. The summed E-state index contributed by atoms with van der Waals surface area (Å²) in [6.07, 6.45) is 4.28. The van der Waals surface area contributed by atoms with E-state index in [-0.39, 0.29) is 0 Å². The zero-order chi connectivity index (χ0) is 12.6. The monoisotopic (exact) mass is 249 g/mol. The number of hydrogen-bond acceptors (Lipinski definition) is 1. The van der Waals surface area contributed by atoms with Crippen molar-refractivity contribution in [3.05, 3.63) is 0 Å². The molecule has 0 heterocycles. The van der Waals surface area contributed by atoms with Crippen LogP contribution in [0.4, 0.5) is 0 Å². The first-order valence-corrected chi connectivity index (χ1v) is 7.43. The summed E-state index contributed by atoms with van der Waals surface area (Å²) in [5, 5.41) is 0. The summed E-state index contributed by atoms with van der Waals surface area (Å²) in [6, 6.07) is 0. The van der Waals surface area contributed by atoms with Gasteiger partial charge in [-0.05, 0) is 24.7 Å². The number of rotatable bonds is 9. The van der Waals surface area contributed by atoms with Gasteiger partial charge in [-0.3, -0.25) is 4.55 Å². The first kappa shape index (κ1) is 16.1. The molecule has 0 spiro atoms. The van der Waals surface area contributed by atoms with Gasteiger partial charge in [0, 0.05) is 13.1 Å². The third-order valence-electron chi connectivity index (χ3n) is 3.36. The van der Waals surface area contributed by atoms with Crippen molar-refractivity contribution < 1.29 is 8.76 Å². The maximum absolute atomic E-state index is 11.1. The van der Waals surface area contributed by atoms with E-state index in [2.05, 4.69) is 27.7 Å². The van der Waals surface area contributed by atoms with Crippen LogP contribution < -0.4 is 0 Å². The smallest absolute Gasteiger partial charge is 0.234 e. The van der Waals surface area contributed by atoms with Gasteiger partial charge < -0.3 is 0 Å². The van der Waals surface area contributed by atoms with Gasteiger partial charge >= 0.3 is 0 Å². The quantitative estimate of drug-likeness (QED) is 0.637. The molecule has 0 rings (SSSR count). The van der Waals surface area contributed by atoms with Crippen molar-refractivity contribution in [1.82, 2.24) is 4.31 Å². The Hall–Kier alpha value is 0.0700. The molecule has 0 radical (unpaired) electrons. The van der Waals surface area contributed by atoms with E-state index in [1.807, 2.05) is 0 Å². The Labute approximate surface area is 103 Å². The molecule has 0 aliphatic rings. The standard InChI is InChI=1S/C12H27NO2S/c1-5-11(3)7-9-13(16(14)15)10-8-12(4)6-2/h11-12H,5-10H2,1-4H3,(H,14,15). The van der Waals surface area contributed by atoms with Crippen LogP contribution in [0.3, 0.4) is 0 Å². The summed E-state index contributed by atoms with van der Waals surface area (Å²) in [4.78, 5) is 0. The first-order valence-electron chi connectivity index (χ1n) is 6.37. The lowest BCUT2D eigenvalue weighted by Gasteiger charge is -2.20. The zero-order valence-electron chi connectivity index (χ0n) is 11.1. The van der Waals surface area contributed by atoms with Gasteiger partial charge in [0.05, 0.1) is 0 Å². The van der Waals surface area contributed by atoms with Crippen molar-refractivity contribution in [2.75, 3.05) is 13.1 Å². The van der Waals surface area contributed by atoms with E-state index in [9.17, 15) is 8.76 Å². The third-order valence-corrected chi connectivity index (χ3v) is 4.16. The van der Waals surface area contributed by atoms with E-state index in [1.54, 1.807) is 4.31 Å². The lowest BCUT2D eigenvalue weighted by atomic mass is 10.0. The molecule has 3 unspecified atom stereocenters. The summed E-state index contributed by atoms with van der Waals surface area (Å²) < 4.78 is 22.0. The Balaban J connectivity index is 3.93. The molecule has 0 fully saturated rings. The van der Waals surface area contributed by atoms with Gasteiger partial charge in [0.15, 0.2) is 0 Å². The molecular formula is C12H27NO2S. The van der Waals surface area contributed by atoms with Crippen LogP contribution in [0, 0.1) is 11.8 Å². The lowest BCUT2D eigenvalue weighted by Crippen LogP contribution is -2.29. The van der Waals surface area contributed by atoms with Gasteiger partial charge in [-0.1, -0.05) is 40.5 Å². The fourth-order valence-electron chi connectivity index (χ4n) is 1.40. The normalized spacial score (nSPS) is 17.4. The predicted octanol–water partition coefficient (Wildman–Crippen LogP) is 3.30. The molecule has 3 nitrogen and oxygen atoms in total. The van der Waals surface area contributed by atoms with Crippen molar-refractivity contribution in [1.29, 1.82) is 0 Å². The van der Waals surface area contributed by atoms with Crippen LogP contribution in [0.2, 0.25) is 0 Å². The van der Waals surface area contributed by atoms with Gasteiger partial charge in [-0.25, -0.2) is 8.51 Å². The van der Waals surface area contributed by atoms with E-state index in [0.29, 0.717) is 11.8 Å². The van der Waals surface area contributed by atoms with Crippen molar-refractivity contribution >= 4 is 11.3 Å². The summed E-state index contributed by atoms with van der Waals surface area (Å²) in [5.41, 5.74) is 0. The Kier molecular flexibility index (Phi) is 9.18. The van der Waals surface area contributed by atoms with Gasteiger partial charge in [0.2, 0.25) is 11.3 Å². The van der Waals surface area contributed by atoms with E-state index >= 15 is 0 Å². The second kappa shape index (κ2) is 9.14. The van der Waals surface area contributed by atoms with Gasteiger partial charge in [0.25, 0.3) is 0 Å².